The van der Waals surface area contributed by atoms with E-state index in [2.05, 4.69) is 45.6 Å². The molecule has 0 N–H and O–H groups in total. The predicted molar refractivity (Wildman–Crippen MR) is 88.8 cm³/mol. The summed E-state index contributed by atoms with van der Waals surface area (Å²) >= 11 is 0. The summed E-state index contributed by atoms with van der Waals surface area (Å²) in [5.74, 6) is 1.63. The van der Waals surface area contributed by atoms with Crippen LogP contribution in [0.3, 0.4) is 0 Å². The standard InChI is InChI=1S/C19H23N3O/c1-14-4-2-3-5-16(14)12-21-11-10-20-18(21)13-22(17-8-9-17)19(23)15-6-7-15/h2-5,10-11,15,17H,6-9,12-13H2,1H3. The van der Waals surface area contributed by atoms with E-state index in [0.717, 1.165) is 38.1 Å². The van der Waals surface area contributed by atoms with Crippen LogP contribution in [0.25, 0.3) is 0 Å². The molecule has 0 saturated heterocycles. The smallest absolute Gasteiger partial charge is 0.226 e. The summed E-state index contributed by atoms with van der Waals surface area (Å²) in [4.78, 5) is 19.1. The van der Waals surface area contributed by atoms with Gasteiger partial charge in [0.25, 0.3) is 0 Å². The van der Waals surface area contributed by atoms with Crippen LogP contribution < -0.4 is 0 Å². The number of hydrogen-bond acceptors (Lipinski definition) is 2. The summed E-state index contributed by atoms with van der Waals surface area (Å²) in [5.41, 5.74) is 2.60. The van der Waals surface area contributed by atoms with Gasteiger partial charge >= 0.3 is 0 Å². The first-order valence-corrected chi connectivity index (χ1v) is 8.57. The fourth-order valence-electron chi connectivity index (χ4n) is 3.10. The number of aryl methyl sites for hydroxylation is 1. The second-order valence-corrected chi connectivity index (χ2v) is 6.87. The lowest BCUT2D eigenvalue weighted by Crippen LogP contribution is -2.34. The van der Waals surface area contributed by atoms with Gasteiger partial charge in [0.1, 0.15) is 5.82 Å². The molecule has 2 aliphatic rings. The summed E-state index contributed by atoms with van der Waals surface area (Å²) in [6, 6.07) is 8.89. The van der Waals surface area contributed by atoms with Crippen LogP contribution in [0.1, 0.15) is 42.6 Å². The Labute approximate surface area is 137 Å². The maximum absolute atomic E-state index is 12.5. The Kier molecular flexibility index (Phi) is 3.68. The number of aromatic nitrogens is 2. The van der Waals surface area contributed by atoms with Gasteiger partial charge in [-0.3, -0.25) is 4.79 Å². The Morgan fingerprint density at radius 3 is 2.74 bits per heavy atom. The van der Waals surface area contributed by atoms with E-state index in [4.69, 9.17) is 0 Å². The lowest BCUT2D eigenvalue weighted by molar-refractivity contribution is -0.133. The van der Waals surface area contributed by atoms with Crippen LogP contribution in [-0.2, 0) is 17.9 Å². The van der Waals surface area contributed by atoms with Crippen molar-refractivity contribution in [1.29, 1.82) is 0 Å². The van der Waals surface area contributed by atoms with Crippen LogP contribution in [0.5, 0.6) is 0 Å². The number of hydrogen-bond donors (Lipinski definition) is 0. The molecule has 120 valence electrons. The molecular formula is C19H23N3O. The molecule has 4 nitrogen and oxygen atoms in total. The van der Waals surface area contributed by atoms with E-state index in [-0.39, 0.29) is 5.92 Å². The normalized spacial score (nSPS) is 17.3. The Morgan fingerprint density at radius 2 is 2.04 bits per heavy atom. The lowest BCUT2D eigenvalue weighted by Gasteiger charge is -2.22. The third-order valence-electron chi connectivity index (χ3n) is 4.91. The van der Waals surface area contributed by atoms with E-state index < -0.39 is 0 Å². The second-order valence-electron chi connectivity index (χ2n) is 6.87. The van der Waals surface area contributed by atoms with E-state index >= 15 is 0 Å². The van der Waals surface area contributed by atoms with Crippen LogP contribution >= 0.6 is 0 Å². The molecule has 4 heteroatoms. The summed E-state index contributed by atoms with van der Waals surface area (Å²) < 4.78 is 2.18. The second kappa shape index (κ2) is 5.84. The van der Waals surface area contributed by atoms with Crippen LogP contribution in [-0.4, -0.2) is 26.4 Å². The maximum atomic E-state index is 12.5. The molecule has 0 spiro atoms. The fourth-order valence-corrected chi connectivity index (χ4v) is 3.10. The van der Waals surface area contributed by atoms with Crippen molar-refractivity contribution in [2.75, 3.05) is 0 Å². The SMILES string of the molecule is Cc1ccccc1Cn1ccnc1CN(C(=O)C1CC1)C1CC1. The van der Waals surface area contributed by atoms with Crippen LogP contribution in [0, 0.1) is 12.8 Å². The zero-order chi connectivity index (χ0) is 15.8. The van der Waals surface area contributed by atoms with Crippen LogP contribution in [0.2, 0.25) is 0 Å². The highest BCUT2D eigenvalue weighted by Gasteiger charge is 2.40. The molecule has 1 aromatic heterocycles. The lowest BCUT2D eigenvalue weighted by atomic mass is 10.1. The van der Waals surface area contributed by atoms with E-state index in [9.17, 15) is 4.79 Å². The van der Waals surface area contributed by atoms with Gasteiger partial charge in [0, 0.05) is 30.9 Å². The van der Waals surface area contributed by atoms with Gasteiger partial charge in [-0.15, -0.1) is 0 Å². The molecule has 2 aliphatic carbocycles. The quantitative estimate of drug-likeness (QED) is 0.822. The molecule has 2 saturated carbocycles. The molecule has 1 aromatic carbocycles. The minimum absolute atomic E-state index is 0.287. The monoisotopic (exact) mass is 309 g/mol. The molecule has 4 rings (SSSR count). The predicted octanol–water partition coefficient (Wildman–Crippen LogP) is 3.14. The Morgan fingerprint density at radius 1 is 1.26 bits per heavy atom. The van der Waals surface area contributed by atoms with Gasteiger partial charge in [-0.05, 0) is 43.7 Å². The topological polar surface area (TPSA) is 38.1 Å². The van der Waals surface area contributed by atoms with Gasteiger partial charge in [0.15, 0.2) is 0 Å². The zero-order valence-electron chi connectivity index (χ0n) is 13.6. The van der Waals surface area contributed by atoms with Crippen molar-refractivity contribution in [3.05, 3.63) is 53.6 Å². The minimum atomic E-state index is 0.287. The number of nitrogens with zero attached hydrogens (tertiary/aromatic N) is 3. The minimum Gasteiger partial charge on any atom is -0.332 e. The van der Waals surface area contributed by atoms with Crippen molar-refractivity contribution >= 4 is 5.91 Å². The number of carbonyl (C=O) groups excluding carboxylic acids is 1. The third-order valence-corrected chi connectivity index (χ3v) is 4.91. The highest BCUT2D eigenvalue weighted by Crippen LogP contribution is 2.36. The zero-order valence-corrected chi connectivity index (χ0v) is 13.6. The fraction of sp³-hybridized carbons (Fsp3) is 0.474. The number of amides is 1. The largest absolute Gasteiger partial charge is 0.332 e. The average Bonchev–Trinajstić information content (AvgIpc) is 3.45. The molecular weight excluding hydrogens is 286 g/mol. The molecule has 0 unspecified atom stereocenters. The van der Waals surface area contributed by atoms with Crippen molar-refractivity contribution < 1.29 is 4.79 Å². The van der Waals surface area contributed by atoms with Crippen molar-refractivity contribution in [2.45, 2.75) is 51.7 Å². The molecule has 0 atom stereocenters. The number of carbonyl (C=O) groups is 1. The number of rotatable bonds is 6. The van der Waals surface area contributed by atoms with E-state index in [1.54, 1.807) is 0 Å². The Hall–Kier alpha value is -2.10. The highest BCUT2D eigenvalue weighted by molar-refractivity contribution is 5.81. The first kappa shape index (κ1) is 14.5. The van der Waals surface area contributed by atoms with E-state index in [1.165, 1.54) is 11.1 Å². The Bertz CT molecular complexity index is 713. The Balaban J connectivity index is 1.52. The van der Waals surface area contributed by atoms with Gasteiger partial charge in [-0.25, -0.2) is 4.98 Å². The highest BCUT2D eigenvalue weighted by atomic mass is 16.2. The van der Waals surface area contributed by atoms with Crippen molar-refractivity contribution in [2.24, 2.45) is 5.92 Å². The van der Waals surface area contributed by atoms with Crippen molar-refractivity contribution in [3.8, 4) is 0 Å². The molecule has 1 amide bonds. The summed E-state index contributed by atoms with van der Waals surface area (Å²) in [5, 5.41) is 0. The van der Waals surface area contributed by atoms with Gasteiger partial charge in [-0.1, -0.05) is 24.3 Å². The average molecular weight is 309 g/mol. The molecule has 23 heavy (non-hydrogen) atoms. The van der Waals surface area contributed by atoms with Gasteiger partial charge in [0.05, 0.1) is 6.54 Å². The van der Waals surface area contributed by atoms with Gasteiger partial charge in [-0.2, -0.15) is 0 Å². The molecule has 2 aromatic rings. The molecule has 0 radical (unpaired) electrons. The summed E-state index contributed by atoms with van der Waals surface area (Å²) in [6.45, 7) is 3.61. The molecule has 0 aliphatic heterocycles. The number of benzene rings is 1. The van der Waals surface area contributed by atoms with Crippen LogP contribution in [0.15, 0.2) is 36.7 Å². The maximum Gasteiger partial charge on any atom is 0.226 e. The van der Waals surface area contributed by atoms with Crippen molar-refractivity contribution in [1.82, 2.24) is 14.5 Å². The van der Waals surface area contributed by atoms with Gasteiger partial charge < -0.3 is 9.47 Å². The summed E-state index contributed by atoms with van der Waals surface area (Å²) in [7, 11) is 0. The van der Waals surface area contributed by atoms with Crippen LogP contribution in [0.4, 0.5) is 0 Å². The molecule has 2 fully saturated rings. The van der Waals surface area contributed by atoms with Gasteiger partial charge in [0.2, 0.25) is 5.91 Å². The van der Waals surface area contributed by atoms with E-state index in [1.807, 2.05) is 12.4 Å². The first-order valence-electron chi connectivity index (χ1n) is 8.57. The molecule has 0 bridgehead atoms. The van der Waals surface area contributed by atoms with E-state index in [0.29, 0.717) is 18.5 Å². The third kappa shape index (κ3) is 3.16. The van der Waals surface area contributed by atoms with Crippen molar-refractivity contribution in [3.63, 3.8) is 0 Å². The number of imidazole rings is 1. The first-order chi connectivity index (χ1) is 11.2. The molecule has 1 heterocycles. The summed E-state index contributed by atoms with van der Waals surface area (Å²) in [6.07, 6.45) is 8.31.